The van der Waals surface area contributed by atoms with Crippen molar-refractivity contribution in [2.45, 2.75) is 51.6 Å². The van der Waals surface area contributed by atoms with Crippen LogP contribution in [-0.4, -0.2) is 6.04 Å². The molecule has 1 aliphatic rings. The molecule has 1 saturated carbocycles. The first kappa shape index (κ1) is 13.5. The lowest BCUT2D eigenvalue weighted by atomic mass is 9.84. The van der Waals surface area contributed by atoms with Crippen LogP contribution in [0.25, 0.3) is 0 Å². The van der Waals surface area contributed by atoms with Crippen molar-refractivity contribution in [1.29, 1.82) is 0 Å². The first-order valence-corrected chi connectivity index (χ1v) is 6.83. The summed E-state index contributed by atoms with van der Waals surface area (Å²) in [6.07, 6.45) is 6.51. The second-order valence-electron chi connectivity index (χ2n) is 5.35. The van der Waals surface area contributed by atoms with E-state index in [1.165, 1.54) is 44.2 Å². The predicted octanol–water partition coefficient (Wildman–Crippen LogP) is 4.02. The van der Waals surface area contributed by atoms with E-state index in [0.717, 1.165) is 6.07 Å². The highest BCUT2D eigenvalue weighted by atomic mass is 19.1. The number of hydrogen-bond donors (Lipinski definition) is 1. The first-order chi connectivity index (χ1) is 8.65. The standard InChI is InChI=1S/C15H21F2N/c1-11(13-5-3-2-4-6-13)18-10-12-7-14(16)9-15(17)8-12/h7-9,11,13,18H,2-6,10H2,1H3/t11-/m0/s1. The summed E-state index contributed by atoms with van der Waals surface area (Å²) in [5, 5.41) is 3.39. The summed E-state index contributed by atoms with van der Waals surface area (Å²) >= 11 is 0. The highest BCUT2D eigenvalue weighted by molar-refractivity contribution is 5.17. The monoisotopic (exact) mass is 253 g/mol. The zero-order valence-corrected chi connectivity index (χ0v) is 10.9. The molecular formula is C15H21F2N. The fraction of sp³-hybridized carbons (Fsp3) is 0.600. The van der Waals surface area contributed by atoms with Crippen LogP contribution in [0.1, 0.15) is 44.6 Å². The molecule has 1 fully saturated rings. The zero-order chi connectivity index (χ0) is 13.0. The number of benzene rings is 1. The third-order valence-corrected chi connectivity index (χ3v) is 3.91. The Morgan fingerprint density at radius 3 is 2.33 bits per heavy atom. The van der Waals surface area contributed by atoms with Crippen molar-refractivity contribution in [2.75, 3.05) is 0 Å². The Kier molecular flexibility index (Phi) is 4.70. The number of hydrogen-bond acceptors (Lipinski definition) is 1. The molecule has 0 bridgehead atoms. The van der Waals surface area contributed by atoms with Gasteiger partial charge < -0.3 is 5.32 Å². The predicted molar refractivity (Wildman–Crippen MR) is 69.2 cm³/mol. The average molecular weight is 253 g/mol. The van der Waals surface area contributed by atoms with Crippen molar-refractivity contribution in [3.8, 4) is 0 Å². The topological polar surface area (TPSA) is 12.0 Å². The third kappa shape index (κ3) is 3.77. The number of halogens is 2. The third-order valence-electron chi connectivity index (χ3n) is 3.91. The van der Waals surface area contributed by atoms with E-state index < -0.39 is 11.6 Å². The van der Waals surface area contributed by atoms with Crippen LogP contribution in [0.5, 0.6) is 0 Å². The second kappa shape index (κ2) is 6.28. The van der Waals surface area contributed by atoms with Gasteiger partial charge in [0.2, 0.25) is 0 Å². The highest BCUT2D eigenvalue weighted by Crippen LogP contribution is 2.26. The maximum atomic E-state index is 13.0. The summed E-state index contributed by atoms with van der Waals surface area (Å²) < 4.78 is 26.1. The summed E-state index contributed by atoms with van der Waals surface area (Å²) in [5.74, 6) is -0.300. The summed E-state index contributed by atoms with van der Waals surface area (Å²) in [6.45, 7) is 2.71. The fourth-order valence-electron chi connectivity index (χ4n) is 2.79. The van der Waals surface area contributed by atoms with E-state index in [9.17, 15) is 8.78 Å². The Balaban J connectivity index is 1.86. The van der Waals surface area contributed by atoms with Crippen LogP contribution in [0.4, 0.5) is 8.78 Å². The van der Waals surface area contributed by atoms with Crippen LogP contribution in [0.3, 0.4) is 0 Å². The van der Waals surface area contributed by atoms with E-state index in [1.807, 2.05) is 0 Å². The van der Waals surface area contributed by atoms with E-state index >= 15 is 0 Å². The van der Waals surface area contributed by atoms with Gasteiger partial charge in [0, 0.05) is 18.7 Å². The van der Waals surface area contributed by atoms with Gasteiger partial charge >= 0.3 is 0 Å². The Hall–Kier alpha value is -0.960. The van der Waals surface area contributed by atoms with E-state index in [-0.39, 0.29) is 0 Å². The molecule has 3 heteroatoms. The fourth-order valence-corrected chi connectivity index (χ4v) is 2.79. The minimum absolute atomic E-state index is 0.414. The van der Waals surface area contributed by atoms with Crippen LogP contribution in [-0.2, 0) is 6.54 Å². The molecular weight excluding hydrogens is 232 g/mol. The van der Waals surface area contributed by atoms with Crippen LogP contribution in [0.15, 0.2) is 18.2 Å². The molecule has 1 N–H and O–H groups in total. The van der Waals surface area contributed by atoms with E-state index in [0.29, 0.717) is 24.1 Å². The maximum absolute atomic E-state index is 13.0. The number of nitrogens with one attached hydrogen (secondary N) is 1. The van der Waals surface area contributed by atoms with Crippen molar-refractivity contribution in [3.63, 3.8) is 0 Å². The van der Waals surface area contributed by atoms with Gasteiger partial charge in [-0.25, -0.2) is 8.78 Å². The SMILES string of the molecule is C[C@H](NCc1cc(F)cc(F)c1)C1CCCCC1. The smallest absolute Gasteiger partial charge is 0.126 e. The molecule has 0 saturated heterocycles. The molecule has 0 aromatic heterocycles. The Bertz CT molecular complexity index is 366. The largest absolute Gasteiger partial charge is 0.310 e. The molecule has 0 heterocycles. The molecule has 0 spiro atoms. The molecule has 0 unspecified atom stereocenters. The van der Waals surface area contributed by atoms with E-state index in [1.54, 1.807) is 0 Å². The van der Waals surface area contributed by atoms with Crippen molar-refractivity contribution < 1.29 is 8.78 Å². The summed E-state index contributed by atoms with van der Waals surface area (Å²) in [4.78, 5) is 0. The zero-order valence-electron chi connectivity index (χ0n) is 10.9. The maximum Gasteiger partial charge on any atom is 0.126 e. The molecule has 2 rings (SSSR count). The van der Waals surface area contributed by atoms with E-state index in [4.69, 9.17) is 0 Å². The molecule has 1 aromatic rings. The lowest BCUT2D eigenvalue weighted by Gasteiger charge is -2.28. The van der Waals surface area contributed by atoms with E-state index in [2.05, 4.69) is 12.2 Å². The van der Waals surface area contributed by atoms with Crippen LogP contribution in [0, 0.1) is 17.6 Å². The Morgan fingerprint density at radius 1 is 1.11 bits per heavy atom. The second-order valence-corrected chi connectivity index (χ2v) is 5.35. The van der Waals surface area contributed by atoms with Crippen molar-refractivity contribution in [2.24, 2.45) is 5.92 Å². The number of rotatable bonds is 4. The Labute approximate surface area is 108 Å². The van der Waals surface area contributed by atoms with Gasteiger partial charge in [-0.3, -0.25) is 0 Å². The lowest BCUT2D eigenvalue weighted by molar-refractivity contribution is 0.280. The summed E-state index contributed by atoms with van der Waals surface area (Å²) in [7, 11) is 0. The van der Waals surface area contributed by atoms with Gasteiger partial charge in [0.15, 0.2) is 0 Å². The van der Waals surface area contributed by atoms with Gasteiger partial charge in [-0.15, -0.1) is 0 Å². The van der Waals surface area contributed by atoms with Gasteiger partial charge in [-0.05, 0) is 43.4 Å². The van der Waals surface area contributed by atoms with Gasteiger partial charge in [0.25, 0.3) is 0 Å². The molecule has 1 atom stereocenters. The minimum Gasteiger partial charge on any atom is -0.310 e. The minimum atomic E-state index is -0.503. The quantitative estimate of drug-likeness (QED) is 0.854. The van der Waals surface area contributed by atoms with Crippen LogP contribution < -0.4 is 5.32 Å². The van der Waals surface area contributed by atoms with Gasteiger partial charge in [0.05, 0.1) is 0 Å². The van der Waals surface area contributed by atoms with Crippen molar-refractivity contribution in [1.82, 2.24) is 5.32 Å². The van der Waals surface area contributed by atoms with Crippen LogP contribution in [0.2, 0.25) is 0 Å². The molecule has 0 radical (unpaired) electrons. The first-order valence-electron chi connectivity index (χ1n) is 6.83. The Morgan fingerprint density at radius 2 is 1.72 bits per heavy atom. The van der Waals surface area contributed by atoms with Crippen LogP contribution >= 0.6 is 0 Å². The van der Waals surface area contributed by atoms with Gasteiger partial charge in [-0.1, -0.05) is 19.3 Å². The van der Waals surface area contributed by atoms with Crippen molar-refractivity contribution >= 4 is 0 Å². The van der Waals surface area contributed by atoms with Crippen molar-refractivity contribution in [3.05, 3.63) is 35.4 Å². The summed E-state index contributed by atoms with van der Waals surface area (Å²) in [6, 6.07) is 4.11. The lowest BCUT2D eigenvalue weighted by Crippen LogP contribution is -2.34. The molecule has 1 aliphatic carbocycles. The molecule has 18 heavy (non-hydrogen) atoms. The average Bonchev–Trinajstić information content (AvgIpc) is 2.36. The normalized spacial score (nSPS) is 18.8. The summed E-state index contributed by atoms with van der Waals surface area (Å²) in [5.41, 5.74) is 0.676. The molecule has 1 nitrogen and oxygen atoms in total. The molecule has 1 aromatic carbocycles. The van der Waals surface area contributed by atoms with Gasteiger partial charge in [0.1, 0.15) is 11.6 Å². The molecule has 0 aliphatic heterocycles. The highest BCUT2D eigenvalue weighted by Gasteiger charge is 2.19. The molecule has 100 valence electrons. The van der Waals surface area contributed by atoms with Gasteiger partial charge in [-0.2, -0.15) is 0 Å². The molecule has 0 amide bonds.